The van der Waals surface area contributed by atoms with E-state index in [-0.39, 0.29) is 24.2 Å². The van der Waals surface area contributed by atoms with E-state index in [0.29, 0.717) is 92.6 Å². The van der Waals surface area contributed by atoms with Crippen LogP contribution in [0, 0.1) is 5.92 Å². The topological polar surface area (TPSA) is 99.0 Å². The first-order valence-electron chi connectivity index (χ1n) is 18.4. The van der Waals surface area contributed by atoms with Gasteiger partial charge in [-0.1, -0.05) is 36.4 Å². The van der Waals surface area contributed by atoms with E-state index in [1.54, 1.807) is 29.3 Å². The molecule has 1 atom stereocenters. The number of likely N-dealkylation sites (tertiary alicyclic amines) is 2. The number of ether oxygens (including phenoxy) is 3. The Hall–Kier alpha value is -5.43. The highest BCUT2D eigenvalue weighted by atomic mass is 19.4. The second-order valence-corrected chi connectivity index (χ2v) is 14.3. The van der Waals surface area contributed by atoms with Gasteiger partial charge in [0.2, 0.25) is 11.5 Å². The van der Waals surface area contributed by atoms with Gasteiger partial charge in [-0.2, -0.15) is 13.2 Å². The standard InChI is InChI=1S/C42H44F3N5O5/c1-53-35-23-29(24-36(54-2)38(35)55-3)40(52)49-22-17-41(27-49,30-9-8-10-31(25-30)42(43,44)45)16-21-48-19-14-28(15-20-48)37(51)39-47-33-12-4-5-13-34(33)50(39)26-32-11-6-7-18-46-32/h4-13,18,23-25,28H,14-17,19-22,26-27H2,1-3H3. The van der Waals surface area contributed by atoms with Crippen molar-refractivity contribution in [2.45, 2.75) is 43.8 Å². The fraction of sp³-hybridized carbons (Fsp3) is 0.381. The number of carbonyl (C=O) groups is 2. The molecule has 10 nitrogen and oxygen atoms in total. The molecule has 0 bridgehead atoms. The highest BCUT2D eigenvalue weighted by Crippen LogP contribution is 2.43. The van der Waals surface area contributed by atoms with Crippen molar-refractivity contribution in [3.05, 3.63) is 113 Å². The van der Waals surface area contributed by atoms with Crippen molar-refractivity contribution >= 4 is 22.7 Å². The van der Waals surface area contributed by atoms with Crippen LogP contribution in [0.15, 0.2) is 85.1 Å². The second-order valence-electron chi connectivity index (χ2n) is 14.3. The van der Waals surface area contributed by atoms with E-state index in [2.05, 4.69) is 9.88 Å². The number of pyridine rings is 1. The van der Waals surface area contributed by atoms with Crippen LogP contribution in [0.25, 0.3) is 11.0 Å². The number of benzene rings is 3. The molecule has 1 amide bonds. The van der Waals surface area contributed by atoms with Gasteiger partial charge in [0, 0.05) is 36.2 Å². The maximum absolute atomic E-state index is 14.1. The Bertz CT molecular complexity index is 2140. The number of carbonyl (C=O) groups excluding carboxylic acids is 2. The van der Waals surface area contributed by atoms with Crippen molar-refractivity contribution in [3.8, 4) is 17.2 Å². The van der Waals surface area contributed by atoms with Crippen molar-refractivity contribution in [1.29, 1.82) is 0 Å². The third-order valence-corrected chi connectivity index (χ3v) is 11.1. The van der Waals surface area contributed by atoms with Gasteiger partial charge in [0.25, 0.3) is 5.91 Å². The number of hydrogen-bond donors (Lipinski definition) is 0. The molecule has 3 aromatic carbocycles. The normalized spacial score (nSPS) is 18.1. The van der Waals surface area contributed by atoms with Crippen LogP contribution in [0.2, 0.25) is 0 Å². The Balaban J connectivity index is 1.08. The highest BCUT2D eigenvalue weighted by molar-refractivity contribution is 5.98. The molecular weight excluding hydrogens is 711 g/mol. The van der Waals surface area contributed by atoms with Crippen LogP contribution >= 0.6 is 0 Å². The summed E-state index contributed by atoms with van der Waals surface area (Å²) in [6, 6.07) is 22.1. The molecule has 2 saturated heterocycles. The first-order chi connectivity index (χ1) is 26.5. The van der Waals surface area contributed by atoms with Crippen LogP contribution < -0.4 is 14.2 Å². The molecule has 0 radical (unpaired) electrons. The lowest BCUT2D eigenvalue weighted by molar-refractivity contribution is -0.137. The smallest absolute Gasteiger partial charge is 0.416 e. The molecule has 0 N–H and O–H groups in total. The van der Waals surface area contributed by atoms with Crippen LogP contribution in [0.3, 0.4) is 0 Å². The Morgan fingerprint density at radius 1 is 0.873 bits per heavy atom. The number of ketones is 1. The van der Waals surface area contributed by atoms with Crippen LogP contribution in [-0.2, 0) is 18.1 Å². The Morgan fingerprint density at radius 3 is 2.27 bits per heavy atom. The summed E-state index contributed by atoms with van der Waals surface area (Å²) < 4.78 is 60.2. The van der Waals surface area contributed by atoms with Crippen molar-refractivity contribution in [2.24, 2.45) is 5.92 Å². The van der Waals surface area contributed by atoms with Gasteiger partial charge in [-0.05, 0) is 93.3 Å². The van der Waals surface area contributed by atoms with Gasteiger partial charge in [0.1, 0.15) is 0 Å². The molecule has 55 heavy (non-hydrogen) atoms. The number of methoxy groups -OCH3 is 3. The van der Waals surface area contributed by atoms with Gasteiger partial charge >= 0.3 is 6.18 Å². The molecule has 2 fully saturated rings. The minimum absolute atomic E-state index is 0.00366. The number of hydrogen-bond acceptors (Lipinski definition) is 8. The van der Waals surface area contributed by atoms with Gasteiger partial charge in [0.05, 0.1) is 50.2 Å². The van der Waals surface area contributed by atoms with Crippen LogP contribution in [0.4, 0.5) is 13.2 Å². The number of amides is 1. The van der Waals surface area contributed by atoms with E-state index in [9.17, 15) is 22.8 Å². The second kappa shape index (κ2) is 15.7. The molecule has 7 rings (SSSR count). The fourth-order valence-electron chi connectivity index (χ4n) is 8.09. The number of piperidine rings is 1. The summed E-state index contributed by atoms with van der Waals surface area (Å²) in [7, 11) is 4.42. The van der Waals surface area contributed by atoms with E-state index in [1.165, 1.54) is 33.5 Å². The molecule has 1 unspecified atom stereocenters. The van der Waals surface area contributed by atoms with Gasteiger partial charge in [0.15, 0.2) is 17.3 Å². The monoisotopic (exact) mass is 755 g/mol. The van der Waals surface area contributed by atoms with Gasteiger partial charge in [-0.3, -0.25) is 14.6 Å². The molecule has 13 heteroatoms. The van der Waals surface area contributed by atoms with Gasteiger partial charge < -0.3 is 28.6 Å². The Labute approximate surface area is 317 Å². The lowest BCUT2D eigenvalue weighted by Gasteiger charge is -2.36. The third-order valence-electron chi connectivity index (χ3n) is 11.1. The zero-order valence-electron chi connectivity index (χ0n) is 31.1. The first-order valence-corrected chi connectivity index (χ1v) is 18.4. The SMILES string of the molecule is COc1cc(C(=O)N2CCC(CCN3CCC(C(=O)c4nc5ccccc5n4Cc4ccccn4)CC3)(c3cccc(C(F)(F)F)c3)C2)cc(OC)c1OC. The molecular formula is C42H44F3N5O5. The lowest BCUT2D eigenvalue weighted by atomic mass is 9.76. The van der Waals surface area contributed by atoms with E-state index >= 15 is 0 Å². The van der Waals surface area contributed by atoms with E-state index < -0.39 is 17.2 Å². The maximum Gasteiger partial charge on any atom is 0.416 e. The van der Waals surface area contributed by atoms with Crippen molar-refractivity contribution in [1.82, 2.24) is 24.3 Å². The molecule has 288 valence electrons. The summed E-state index contributed by atoms with van der Waals surface area (Å²) in [4.78, 5) is 41.3. The third kappa shape index (κ3) is 7.75. The average Bonchev–Trinajstić information content (AvgIpc) is 3.82. The predicted octanol–water partition coefficient (Wildman–Crippen LogP) is 7.29. The Morgan fingerprint density at radius 2 is 1.60 bits per heavy atom. The molecule has 2 aromatic heterocycles. The number of nitrogens with zero attached hydrogens (tertiary/aromatic N) is 5. The number of fused-ring (bicyclic) bond motifs is 1. The highest BCUT2D eigenvalue weighted by Gasteiger charge is 2.43. The predicted molar refractivity (Wildman–Crippen MR) is 201 cm³/mol. The molecule has 2 aliphatic rings. The van der Waals surface area contributed by atoms with Gasteiger partial charge in [-0.25, -0.2) is 4.98 Å². The minimum atomic E-state index is -4.51. The van der Waals surface area contributed by atoms with Crippen molar-refractivity contribution in [3.63, 3.8) is 0 Å². The van der Waals surface area contributed by atoms with E-state index in [4.69, 9.17) is 19.2 Å². The minimum Gasteiger partial charge on any atom is -0.493 e. The fourth-order valence-corrected chi connectivity index (χ4v) is 8.09. The largest absolute Gasteiger partial charge is 0.493 e. The van der Waals surface area contributed by atoms with Crippen molar-refractivity contribution < 1.29 is 37.0 Å². The molecule has 4 heterocycles. The summed E-state index contributed by atoms with van der Waals surface area (Å²) in [6.07, 6.45) is -0.479. The number of Topliss-reactive ketones (excluding diaryl/α,β-unsaturated/α-hetero) is 1. The molecule has 5 aromatic rings. The van der Waals surface area contributed by atoms with Crippen LogP contribution in [0.5, 0.6) is 17.2 Å². The molecule has 0 aliphatic carbocycles. The summed E-state index contributed by atoms with van der Waals surface area (Å²) >= 11 is 0. The first kappa shape index (κ1) is 37.9. The number of para-hydroxylation sites is 2. The zero-order chi connectivity index (χ0) is 38.7. The summed E-state index contributed by atoms with van der Waals surface area (Å²) in [6.45, 7) is 2.94. The number of halogens is 3. The van der Waals surface area contributed by atoms with Crippen LogP contribution in [0.1, 0.15) is 63.5 Å². The zero-order valence-corrected chi connectivity index (χ0v) is 31.1. The van der Waals surface area contributed by atoms with E-state index in [0.717, 1.165) is 22.8 Å². The number of alkyl halides is 3. The Kier molecular flexibility index (Phi) is 10.8. The van der Waals surface area contributed by atoms with Crippen LogP contribution in [-0.4, -0.2) is 90.1 Å². The number of rotatable bonds is 12. The quantitative estimate of drug-likeness (QED) is 0.123. The average molecular weight is 756 g/mol. The maximum atomic E-state index is 14.1. The van der Waals surface area contributed by atoms with Crippen molar-refractivity contribution in [2.75, 3.05) is 54.1 Å². The summed E-state index contributed by atoms with van der Waals surface area (Å²) in [5, 5.41) is 0. The summed E-state index contributed by atoms with van der Waals surface area (Å²) in [5.41, 5.74) is 1.92. The molecule has 0 saturated carbocycles. The number of aromatic nitrogens is 3. The van der Waals surface area contributed by atoms with E-state index in [1.807, 2.05) is 47.0 Å². The lowest BCUT2D eigenvalue weighted by Crippen LogP contribution is -2.41. The molecule has 0 spiro atoms. The van der Waals surface area contributed by atoms with Gasteiger partial charge in [-0.15, -0.1) is 0 Å². The summed E-state index contributed by atoms with van der Waals surface area (Å²) in [5.74, 6) is 0.963. The molecule has 2 aliphatic heterocycles. The number of imidazole rings is 1.